The highest BCUT2D eigenvalue weighted by molar-refractivity contribution is 7.16. The average molecular weight is 453 g/mol. The summed E-state index contributed by atoms with van der Waals surface area (Å²) in [5, 5.41) is 0.482. The van der Waals surface area contributed by atoms with Crippen molar-refractivity contribution in [3.63, 3.8) is 0 Å². The van der Waals surface area contributed by atoms with Crippen molar-refractivity contribution in [3.8, 4) is 22.1 Å². The fraction of sp³-hybridized carbons (Fsp3) is 0.292. The van der Waals surface area contributed by atoms with Crippen molar-refractivity contribution in [2.45, 2.75) is 12.8 Å². The number of ketones is 1. The molecular formula is C24H21FN2O4S. The van der Waals surface area contributed by atoms with Crippen molar-refractivity contribution in [2.75, 3.05) is 26.3 Å². The van der Waals surface area contributed by atoms with Crippen LogP contribution in [0.5, 0.6) is 11.5 Å². The van der Waals surface area contributed by atoms with Crippen molar-refractivity contribution in [1.82, 2.24) is 9.88 Å². The van der Waals surface area contributed by atoms with E-state index in [1.54, 1.807) is 41.3 Å². The van der Waals surface area contributed by atoms with Gasteiger partial charge in [0.25, 0.3) is 5.91 Å². The van der Waals surface area contributed by atoms with Gasteiger partial charge in [-0.25, -0.2) is 9.37 Å². The van der Waals surface area contributed by atoms with Crippen LogP contribution in [-0.2, 0) is 0 Å². The lowest BCUT2D eigenvalue weighted by molar-refractivity contribution is 0.0654. The van der Waals surface area contributed by atoms with Gasteiger partial charge in [-0.15, -0.1) is 11.3 Å². The molecule has 1 amide bonds. The number of amides is 1. The van der Waals surface area contributed by atoms with Gasteiger partial charge in [0.1, 0.15) is 28.9 Å². The number of thiazole rings is 1. The number of piperidine rings is 1. The molecule has 8 heteroatoms. The highest BCUT2D eigenvalue weighted by atomic mass is 32.1. The number of rotatable bonds is 4. The van der Waals surface area contributed by atoms with Gasteiger partial charge < -0.3 is 14.4 Å². The number of carbonyl (C=O) groups is 2. The zero-order valence-corrected chi connectivity index (χ0v) is 18.1. The normalized spacial score (nSPS) is 16.1. The van der Waals surface area contributed by atoms with Crippen molar-refractivity contribution in [3.05, 3.63) is 64.9 Å². The molecule has 3 aromatic rings. The van der Waals surface area contributed by atoms with E-state index in [4.69, 9.17) is 9.47 Å². The van der Waals surface area contributed by atoms with Crippen LogP contribution in [-0.4, -0.2) is 47.9 Å². The SMILES string of the molecule is O=C(c1ccc2c(c1)OCCO2)C1CCN(C(=O)c2cnc(-c3ccccc3F)s2)CC1. The molecule has 3 heterocycles. The summed E-state index contributed by atoms with van der Waals surface area (Å²) >= 11 is 1.18. The number of likely N-dealkylation sites (tertiary alicyclic amines) is 1. The number of carbonyl (C=O) groups excluding carboxylic acids is 2. The summed E-state index contributed by atoms with van der Waals surface area (Å²) in [4.78, 5) is 32.4. The van der Waals surface area contributed by atoms with E-state index in [2.05, 4.69) is 4.98 Å². The topological polar surface area (TPSA) is 68.7 Å². The third-order valence-corrected chi connectivity index (χ3v) is 6.82. The van der Waals surface area contributed by atoms with Crippen molar-refractivity contribution >= 4 is 23.0 Å². The Bertz CT molecular complexity index is 1170. The molecule has 32 heavy (non-hydrogen) atoms. The Hall–Kier alpha value is -3.26. The summed E-state index contributed by atoms with van der Waals surface area (Å²) in [6.07, 6.45) is 2.69. The Labute approximate surface area is 188 Å². The molecule has 164 valence electrons. The summed E-state index contributed by atoms with van der Waals surface area (Å²) in [5.41, 5.74) is 0.997. The standard InChI is InChI=1S/C24H21FN2O4S/c25-18-4-2-1-3-17(18)23-26-14-21(32-23)24(29)27-9-7-15(8-10-27)22(28)16-5-6-19-20(13-16)31-12-11-30-19/h1-6,13-15H,7-12H2. The fourth-order valence-electron chi connectivity index (χ4n) is 4.07. The second-order valence-electron chi connectivity index (χ2n) is 7.80. The smallest absolute Gasteiger partial charge is 0.265 e. The first-order valence-electron chi connectivity index (χ1n) is 10.5. The largest absolute Gasteiger partial charge is 0.486 e. The van der Waals surface area contributed by atoms with Gasteiger partial charge in [0, 0.05) is 30.1 Å². The molecule has 2 aliphatic heterocycles. The molecular weight excluding hydrogens is 431 g/mol. The number of hydrogen-bond donors (Lipinski definition) is 0. The number of benzene rings is 2. The Morgan fingerprint density at radius 2 is 1.78 bits per heavy atom. The lowest BCUT2D eigenvalue weighted by atomic mass is 9.88. The van der Waals surface area contributed by atoms with E-state index in [0.717, 1.165) is 0 Å². The Morgan fingerprint density at radius 3 is 2.56 bits per heavy atom. The first-order chi connectivity index (χ1) is 15.6. The van der Waals surface area contributed by atoms with E-state index in [1.165, 1.54) is 23.6 Å². The Kier molecular flexibility index (Phi) is 5.61. The number of aromatic nitrogens is 1. The molecule has 5 rings (SSSR count). The lowest BCUT2D eigenvalue weighted by Crippen LogP contribution is -2.40. The predicted octanol–water partition coefficient (Wildman–Crippen LogP) is 4.46. The summed E-state index contributed by atoms with van der Waals surface area (Å²) in [7, 11) is 0. The van der Waals surface area contributed by atoms with Gasteiger partial charge in [-0.1, -0.05) is 12.1 Å². The van der Waals surface area contributed by atoms with E-state index in [9.17, 15) is 14.0 Å². The fourth-order valence-corrected chi connectivity index (χ4v) is 4.98. The average Bonchev–Trinajstić information content (AvgIpc) is 3.33. The van der Waals surface area contributed by atoms with Crippen LogP contribution >= 0.6 is 11.3 Å². The second-order valence-corrected chi connectivity index (χ2v) is 8.83. The van der Waals surface area contributed by atoms with Crippen LogP contribution < -0.4 is 9.47 Å². The minimum Gasteiger partial charge on any atom is -0.486 e. The molecule has 0 atom stereocenters. The maximum atomic E-state index is 14.0. The quantitative estimate of drug-likeness (QED) is 0.547. The highest BCUT2D eigenvalue weighted by Crippen LogP contribution is 2.33. The zero-order chi connectivity index (χ0) is 22.1. The monoisotopic (exact) mass is 452 g/mol. The van der Waals surface area contributed by atoms with Crippen molar-refractivity contribution in [1.29, 1.82) is 0 Å². The maximum absolute atomic E-state index is 14.0. The minimum atomic E-state index is -0.362. The number of halogens is 1. The third-order valence-electron chi connectivity index (χ3n) is 5.80. The molecule has 0 unspecified atom stereocenters. The number of nitrogens with zero attached hydrogens (tertiary/aromatic N) is 2. The second kappa shape index (κ2) is 8.70. The highest BCUT2D eigenvalue weighted by Gasteiger charge is 2.30. The van der Waals surface area contributed by atoms with Crippen molar-refractivity contribution < 1.29 is 23.5 Å². The number of Topliss-reactive ketones (excluding diaryl/α,β-unsaturated/α-hetero) is 1. The number of fused-ring (bicyclic) bond motifs is 1. The van der Waals surface area contributed by atoms with Gasteiger partial charge in [0.05, 0.1) is 6.20 Å². The minimum absolute atomic E-state index is 0.0636. The molecule has 0 bridgehead atoms. The molecule has 2 aromatic carbocycles. The summed E-state index contributed by atoms with van der Waals surface area (Å²) < 4.78 is 25.1. The van der Waals surface area contributed by atoms with Gasteiger partial charge >= 0.3 is 0 Å². The molecule has 1 saturated heterocycles. The van der Waals surface area contributed by atoms with Crippen molar-refractivity contribution in [2.24, 2.45) is 5.92 Å². The van der Waals surface area contributed by atoms with Crippen LogP contribution in [0.1, 0.15) is 32.9 Å². The van der Waals surface area contributed by atoms with E-state index in [-0.39, 0.29) is 23.4 Å². The van der Waals surface area contributed by atoms with Crippen LogP contribution in [0.2, 0.25) is 0 Å². The Balaban J connectivity index is 1.23. The maximum Gasteiger partial charge on any atom is 0.265 e. The van der Waals surface area contributed by atoms with Gasteiger partial charge in [-0.2, -0.15) is 0 Å². The first kappa shape index (κ1) is 20.6. The molecule has 1 aromatic heterocycles. The number of ether oxygens (including phenoxy) is 2. The van der Waals surface area contributed by atoms with Crippen LogP contribution in [0.4, 0.5) is 4.39 Å². The number of hydrogen-bond acceptors (Lipinski definition) is 6. The Morgan fingerprint density at radius 1 is 1.03 bits per heavy atom. The molecule has 0 N–H and O–H groups in total. The summed E-state index contributed by atoms with van der Waals surface area (Å²) in [5.74, 6) is 0.693. The molecule has 0 saturated carbocycles. The van der Waals surface area contributed by atoms with Gasteiger partial charge in [0.15, 0.2) is 17.3 Å². The molecule has 0 aliphatic carbocycles. The van der Waals surface area contributed by atoms with E-state index >= 15 is 0 Å². The molecule has 6 nitrogen and oxygen atoms in total. The van der Waals surface area contributed by atoms with Crippen LogP contribution in [0.15, 0.2) is 48.7 Å². The van der Waals surface area contributed by atoms with E-state index in [1.807, 2.05) is 0 Å². The van der Waals surface area contributed by atoms with E-state index < -0.39 is 0 Å². The van der Waals surface area contributed by atoms with Gasteiger partial charge in [-0.3, -0.25) is 9.59 Å². The van der Waals surface area contributed by atoms with Gasteiger partial charge in [-0.05, 0) is 43.2 Å². The van der Waals surface area contributed by atoms with Gasteiger partial charge in [0.2, 0.25) is 0 Å². The molecule has 2 aliphatic rings. The molecule has 1 fully saturated rings. The summed E-state index contributed by atoms with van der Waals surface area (Å²) in [6, 6.07) is 11.7. The molecule has 0 spiro atoms. The molecule has 0 radical (unpaired) electrons. The summed E-state index contributed by atoms with van der Waals surface area (Å²) in [6.45, 7) is 1.97. The van der Waals surface area contributed by atoms with Crippen LogP contribution in [0, 0.1) is 11.7 Å². The first-order valence-corrected chi connectivity index (χ1v) is 11.4. The lowest BCUT2D eigenvalue weighted by Gasteiger charge is -2.31. The van der Waals surface area contributed by atoms with Crippen LogP contribution in [0.3, 0.4) is 0 Å². The predicted molar refractivity (Wildman–Crippen MR) is 118 cm³/mol. The van der Waals surface area contributed by atoms with E-state index in [0.29, 0.717) is 71.7 Å². The third kappa shape index (κ3) is 3.98. The van der Waals surface area contributed by atoms with Crippen LogP contribution in [0.25, 0.3) is 10.6 Å². The zero-order valence-electron chi connectivity index (χ0n) is 17.3.